The van der Waals surface area contributed by atoms with Crippen LogP contribution in [0.1, 0.15) is 12.5 Å². The van der Waals surface area contributed by atoms with Crippen LogP contribution in [0.25, 0.3) is 0 Å². The van der Waals surface area contributed by atoms with Crippen LogP contribution in [0, 0.1) is 0 Å². The molecule has 1 aromatic rings. The van der Waals surface area contributed by atoms with E-state index in [1.807, 2.05) is 0 Å². The van der Waals surface area contributed by atoms with Gasteiger partial charge >= 0.3 is 6.03 Å². The van der Waals surface area contributed by atoms with E-state index in [0.717, 1.165) is 5.01 Å². The molecule has 7 heteroatoms. The number of rotatable bonds is 4. The van der Waals surface area contributed by atoms with Crippen molar-refractivity contribution in [2.24, 2.45) is 5.10 Å². The number of carbonyl (C=O) groups excluding carboxylic acids is 2. The summed E-state index contributed by atoms with van der Waals surface area (Å²) in [7, 11) is 0. The number of phenols is 1. The Morgan fingerprint density at radius 3 is 2.95 bits per heavy atom. The van der Waals surface area contributed by atoms with Crippen LogP contribution in [0.4, 0.5) is 4.79 Å². The van der Waals surface area contributed by atoms with E-state index in [0.29, 0.717) is 17.9 Å². The fourth-order valence-corrected chi connectivity index (χ4v) is 1.57. The number of phenolic OH excluding ortho intramolecular Hbond substituents is 1. The van der Waals surface area contributed by atoms with Crippen molar-refractivity contribution in [1.82, 2.24) is 10.3 Å². The Morgan fingerprint density at radius 2 is 2.32 bits per heavy atom. The third-order valence-corrected chi connectivity index (χ3v) is 2.44. The molecule has 100 valence electrons. The molecule has 0 bridgehead atoms. The third-order valence-electron chi connectivity index (χ3n) is 2.44. The van der Waals surface area contributed by atoms with E-state index in [9.17, 15) is 14.7 Å². The van der Waals surface area contributed by atoms with Crippen LogP contribution in [0.3, 0.4) is 0 Å². The lowest BCUT2D eigenvalue weighted by Gasteiger charge is -2.08. The van der Waals surface area contributed by atoms with Gasteiger partial charge in [-0.15, -0.1) is 0 Å². The number of hydrogen-bond donors (Lipinski definition) is 2. The number of ether oxygens (including phenoxy) is 1. The number of aromatic hydroxyl groups is 1. The van der Waals surface area contributed by atoms with Gasteiger partial charge in [0.1, 0.15) is 6.54 Å². The van der Waals surface area contributed by atoms with Gasteiger partial charge in [0, 0.05) is 5.56 Å². The second-order valence-corrected chi connectivity index (χ2v) is 3.78. The summed E-state index contributed by atoms with van der Waals surface area (Å²) in [4.78, 5) is 22.2. The number of amides is 3. The zero-order valence-corrected chi connectivity index (χ0v) is 10.3. The van der Waals surface area contributed by atoms with Gasteiger partial charge in [-0.2, -0.15) is 5.10 Å². The number of benzene rings is 1. The van der Waals surface area contributed by atoms with Crippen molar-refractivity contribution in [3.63, 3.8) is 0 Å². The van der Waals surface area contributed by atoms with E-state index in [-0.39, 0.29) is 12.3 Å². The predicted octanol–water partition coefficient (Wildman–Crippen LogP) is 0.677. The lowest BCUT2D eigenvalue weighted by molar-refractivity contribution is -0.118. The number of para-hydroxylation sites is 1. The summed E-state index contributed by atoms with van der Waals surface area (Å²) < 4.78 is 5.23. The number of urea groups is 1. The van der Waals surface area contributed by atoms with Gasteiger partial charge in [-0.1, -0.05) is 6.07 Å². The molecule has 0 aliphatic carbocycles. The van der Waals surface area contributed by atoms with Crippen LogP contribution in [0.15, 0.2) is 23.3 Å². The fraction of sp³-hybridized carbons (Fsp3) is 0.250. The number of nitrogens with one attached hydrogen (secondary N) is 1. The monoisotopic (exact) mass is 263 g/mol. The Hall–Kier alpha value is -2.57. The van der Waals surface area contributed by atoms with Gasteiger partial charge in [-0.3, -0.25) is 10.1 Å². The summed E-state index contributed by atoms with van der Waals surface area (Å²) in [5.41, 5.74) is 0.401. The molecular weight excluding hydrogens is 250 g/mol. The van der Waals surface area contributed by atoms with Crippen LogP contribution in [-0.4, -0.2) is 41.4 Å². The minimum absolute atomic E-state index is 0.0565. The van der Waals surface area contributed by atoms with E-state index < -0.39 is 11.9 Å². The minimum atomic E-state index is -0.582. The van der Waals surface area contributed by atoms with Crippen molar-refractivity contribution in [1.29, 1.82) is 0 Å². The molecule has 1 aliphatic rings. The van der Waals surface area contributed by atoms with Gasteiger partial charge in [0.25, 0.3) is 0 Å². The molecule has 1 saturated heterocycles. The molecule has 0 unspecified atom stereocenters. The van der Waals surface area contributed by atoms with E-state index in [2.05, 4.69) is 10.4 Å². The molecule has 0 spiro atoms. The molecule has 0 aromatic heterocycles. The zero-order valence-electron chi connectivity index (χ0n) is 10.3. The first-order chi connectivity index (χ1) is 9.11. The number of nitrogens with zero attached hydrogens (tertiary/aromatic N) is 2. The Kier molecular flexibility index (Phi) is 3.65. The summed E-state index contributed by atoms with van der Waals surface area (Å²) in [5, 5.41) is 16.8. The number of hydrogen-bond acceptors (Lipinski definition) is 5. The van der Waals surface area contributed by atoms with E-state index in [4.69, 9.17) is 4.74 Å². The summed E-state index contributed by atoms with van der Waals surface area (Å²) in [6.07, 6.45) is 1.30. The molecule has 7 nitrogen and oxygen atoms in total. The summed E-state index contributed by atoms with van der Waals surface area (Å²) in [6.45, 7) is 2.11. The zero-order chi connectivity index (χ0) is 13.8. The maximum absolute atomic E-state index is 11.3. The van der Waals surface area contributed by atoms with Gasteiger partial charge in [0.05, 0.1) is 12.8 Å². The average molecular weight is 263 g/mol. The smallest absolute Gasteiger partial charge is 0.344 e. The molecular formula is C12H13N3O4. The molecule has 2 N–H and O–H groups in total. The second kappa shape index (κ2) is 5.38. The molecule has 1 fully saturated rings. The molecule has 19 heavy (non-hydrogen) atoms. The molecule has 1 heterocycles. The van der Waals surface area contributed by atoms with Gasteiger partial charge in [-0.05, 0) is 19.1 Å². The van der Waals surface area contributed by atoms with Crippen molar-refractivity contribution in [2.75, 3.05) is 13.2 Å². The van der Waals surface area contributed by atoms with E-state index in [1.165, 1.54) is 6.21 Å². The minimum Gasteiger partial charge on any atom is -0.504 e. The van der Waals surface area contributed by atoms with E-state index in [1.54, 1.807) is 25.1 Å². The van der Waals surface area contributed by atoms with Crippen molar-refractivity contribution in [3.05, 3.63) is 23.8 Å². The maximum Gasteiger partial charge on any atom is 0.344 e. The summed E-state index contributed by atoms with van der Waals surface area (Å²) in [5.74, 6) is -0.123. The SMILES string of the molecule is CCOc1cccc(/C=N/N2CC(=O)NC2=O)c1O. The Bertz CT molecular complexity index is 542. The van der Waals surface area contributed by atoms with Gasteiger partial charge in [-0.25, -0.2) is 9.80 Å². The Morgan fingerprint density at radius 1 is 1.53 bits per heavy atom. The predicted molar refractivity (Wildman–Crippen MR) is 67.1 cm³/mol. The summed E-state index contributed by atoms with van der Waals surface area (Å²) >= 11 is 0. The summed E-state index contributed by atoms with van der Waals surface area (Å²) in [6, 6.07) is 4.36. The highest BCUT2D eigenvalue weighted by Gasteiger charge is 2.26. The van der Waals surface area contributed by atoms with Crippen molar-refractivity contribution in [2.45, 2.75) is 6.92 Å². The Labute approximate surface area is 109 Å². The largest absolute Gasteiger partial charge is 0.504 e. The first-order valence-corrected chi connectivity index (χ1v) is 5.72. The lowest BCUT2D eigenvalue weighted by Crippen LogP contribution is -2.24. The standard InChI is InChI=1S/C12H13N3O4/c1-2-19-9-5-3-4-8(11(9)17)6-13-15-7-10(16)14-12(15)18/h3-6,17H,2,7H2,1H3,(H,14,16,18)/b13-6+. The van der Waals surface area contributed by atoms with Crippen molar-refractivity contribution < 1.29 is 19.4 Å². The quantitative estimate of drug-likeness (QED) is 0.617. The first kappa shape index (κ1) is 12.9. The molecule has 0 atom stereocenters. The van der Waals surface area contributed by atoms with Gasteiger partial charge < -0.3 is 9.84 Å². The fourth-order valence-electron chi connectivity index (χ4n) is 1.57. The molecule has 1 aromatic carbocycles. The average Bonchev–Trinajstić information content (AvgIpc) is 2.69. The molecule has 0 saturated carbocycles. The Balaban J connectivity index is 2.17. The molecule has 3 amide bonds. The van der Waals surface area contributed by atoms with Crippen LogP contribution in [0.2, 0.25) is 0 Å². The third kappa shape index (κ3) is 2.82. The maximum atomic E-state index is 11.3. The highest BCUT2D eigenvalue weighted by atomic mass is 16.5. The van der Waals surface area contributed by atoms with Crippen LogP contribution in [-0.2, 0) is 4.79 Å². The highest BCUT2D eigenvalue weighted by Crippen LogP contribution is 2.28. The van der Waals surface area contributed by atoms with E-state index >= 15 is 0 Å². The second-order valence-electron chi connectivity index (χ2n) is 3.78. The van der Waals surface area contributed by atoms with Crippen molar-refractivity contribution in [3.8, 4) is 11.5 Å². The molecule has 0 radical (unpaired) electrons. The van der Waals surface area contributed by atoms with Crippen LogP contribution >= 0.6 is 0 Å². The molecule has 1 aliphatic heterocycles. The van der Waals surface area contributed by atoms with Gasteiger partial charge in [0.15, 0.2) is 11.5 Å². The van der Waals surface area contributed by atoms with Gasteiger partial charge in [0.2, 0.25) is 5.91 Å². The van der Waals surface area contributed by atoms with Crippen LogP contribution in [0.5, 0.6) is 11.5 Å². The van der Waals surface area contributed by atoms with Crippen LogP contribution < -0.4 is 10.1 Å². The number of hydrazone groups is 1. The lowest BCUT2D eigenvalue weighted by atomic mass is 10.2. The highest BCUT2D eigenvalue weighted by molar-refractivity contribution is 6.02. The first-order valence-electron chi connectivity index (χ1n) is 5.72. The van der Waals surface area contributed by atoms with Crippen molar-refractivity contribution >= 4 is 18.2 Å². The number of imide groups is 1. The molecule has 2 rings (SSSR count). The number of carbonyl (C=O) groups is 2. The normalized spacial score (nSPS) is 15.1. The topological polar surface area (TPSA) is 91.2 Å².